The summed E-state index contributed by atoms with van der Waals surface area (Å²) in [7, 11) is 0. The maximum Gasteiger partial charge on any atom is 0.289 e. The molecule has 14 heavy (non-hydrogen) atoms. The number of alkyl halides is 2. The van der Waals surface area contributed by atoms with Gasteiger partial charge in [-0.1, -0.05) is 6.07 Å². The van der Waals surface area contributed by atoms with Gasteiger partial charge < -0.3 is 10.8 Å². The van der Waals surface area contributed by atoms with Crippen LogP contribution in [-0.2, 0) is 0 Å². The molecule has 0 aliphatic carbocycles. The van der Waals surface area contributed by atoms with Gasteiger partial charge in [0.2, 0.25) is 0 Å². The highest BCUT2D eigenvalue weighted by molar-refractivity contribution is 9.10. The second kappa shape index (κ2) is 4.29. The van der Waals surface area contributed by atoms with Crippen LogP contribution in [-0.4, -0.2) is 22.6 Å². The first-order valence-corrected chi connectivity index (χ1v) is 4.62. The summed E-state index contributed by atoms with van der Waals surface area (Å²) in [4.78, 5) is 3.77. The molecule has 0 fully saturated rings. The van der Waals surface area contributed by atoms with E-state index in [-0.39, 0.29) is 5.56 Å². The topological polar surface area (TPSA) is 59.1 Å². The number of aromatic nitrogens is 1. The number of nitrogens with zero attached hydrogens (tertiary/aromatic N) is 1. The third kappa shape index (κ3) is 2.46. The zero-order chi connectivity index (χ0) is 10.8. The van der Waals surface area contributed by atoms with Gasteiger partial charge in [-0.3, -0.25) is 0 Å². The van der Waals surface area contributed by atoms with Gasteiger partial charge in [-0.05, 0) is 27.6 Å². The highest BCUT2D eigenvalue weighted by atomic mass is 79.9. The third-order valence-corrected chi connectivity index (χ3v) is 2.24. The molecule has 3 N–H and O–H groups in total. The fourth-order valence-corrected chi connectivity index (χ4v) is 1.15. The zero-order valence-corrected chi connectivity index (χ0v) is 8.71. The molecule has 0 aliphatic heterocycles. The Morgan fingerprint density at radius 2 is 2.21 bits per heavy atom. The first kappa shape index (κ1) is 11.5. The van der Waals surface area contributed by atoms with Gasteiger partial charge in [0, 0.05) is 6.20 Å². The molecule has 1 atom stereocenters. The van der Waals surface area contributed by atoms with Crippen LogP contribution in [0.4, 0.5) is 8.78 Å². The Bertz CT molecular complexity index is 305. The van der Waals surface area contributed by atoms with Crippen LogP contribution in [0.25, 0.3) is 0 Å². The smallest absolute Gasteiger partial charge is 0.289 e. The number of rotatable bonds is 3. The largest absolute Gasteiger partial charge is 0.390 e. The number of aliphatic hydroxyl groups is 1. The summed E-state index contributed by atoms with van der Waals surface area (Å²) in [5.41, 5.74) is 5.46. The fourth-order valence-electron chi connectivity index (χ4n) is 0.913. The molecular formula is C8H9BrF2N2O. The summed E-state index contributed by atoms with van der Waals surface area (Å²) in [6.07, 6.45) is 1.25. The molecule has 0 radical (unpaired) electrons. The lowest BCUT2D eigenvalue weighted by molar-refractivity contribution is -0.0712. The van der Waals surface area contributed by atoms with Crippen molar-refractivity contribution in [3.05, 3.63) is 28.5 Å². The summed E-state index contributed by atoms with van der Waals surface area (Å²) in [6.45, 7) is -1.27. The number of aliphatic hydroxyl groups excluding tert-OH is 1. The van der Waals surface area contributed by atoms with E-state index in [2.05, 4.69) is 20.9 Å². The molecule has 78 valence electrons. The molecule has 0 bridgehead atoms. The van der Waals surface area contributed by atoms with E-state index in [1.54, 1.807) is 0 Å². The molecule has 3 nitrogen and oxygen atoms in total. The lowest BCUT2D eigenvalue weighted by Gasteiger charge is -2.21. The van der Waals surface area contributed by atoms with Crippen molar-refractivity contribution < 1.29 is 13.9 Å². The highest BCUT2D eigenvalue weighted by Crippen LogP contribution is 2.28. The summed E-state index contributed by atoms with van der Waals surface area (Å²) < 4.78 is 26.4. The van der Waals surface area contributed by atoms with Crippen LogP contribution >= 0.6 is 15.9 Å². The van der Waals surface area contributed by atoms with Gasteiger partial charge in [0.05, 0.1) is 6.04 Å². The molecule has 0 unspecified atom stereocenters. The number of halogens is 3. The van der Waals surface area contributed by atoms with Crippen LogP contribution in [0.5, 0.6) is 0 Å². The van der Waals surface area contributed by atoms with Crippen molar-refractivity contribution in [2.45, 2.75) is 12.0 Å². The van der Waals surface area contributed by atoms with E-state index in [1.165, 1.54) is 18.3 Å². The van der Waals surface area contributed by atoms with E-state index >= 15 is 0 Å². The van der Waals surface area contributed by atoms with Gasteiger partial charge in [-0.25, -0.2) is 13.8 Å². The minimum atomic E-state index is -3.32. The lowest BCUT2D eigenvalue weighted by Crippen LogP contribution is -2.36. The van der Waals surface area contributed by atoms with E-state index in [0.29, 0.717) is 4.60 Å². The average molecular weight is 267 g/mol. The minimum absolute atomic E-state index is 0.187. The maximum atomic E-state index is 12.9. The Morgan fingerprint density at radius 3 is 2.64 bits per heavy atom. The molecule has 1 aromatic rings. The first-order chi connectivity index (χ1) is 6.47. The van der Waals surface area contributed by atoms with E-state index in [9.17, 15) is 8.78 Å². The van der Waals surface area contributed by atoms with E-state index < -0.39 is 18.6 Å². The Labute approximate surface area is 88.1 Å². The van der Waals surface area contributed by atoms with Gasteiger partial charge in [0.25, 0.3) is 5.92 Å². The highest BCUT2D eigenvalue weighted by Gasteiger charge is 2.37. The van der Waals surface area contributed by atoms with Crippen molar-refractivity contribution in [2.75, 3.05) is 6.61 Å². The summed E-state index contributed by atoms with van der Waals surface area (Å²) in [5, 5.41) is 8.42. The molecule has 1 aromatic heterocycles. The van der Waals surface area contributed by atoms with E-state index in [0.717, 1.165) is 0 Å². The standard InChI is InChI=1S/C8H9BrF2N2O/c9-6-2-1-5(3-13-6)7(12)8(10,11)4-14/h1-3,7,14H,4,12H2/t7-/m0/s1. The van der Waals surface area contributed by atoms with Crippen LogP contribution in [0.2, 0.25) is 0 Å². The second-order valence-corrected chi connectivity index (χ2v) is 3.62. The van der Waals surface area contributed by atoms with Crippen molar-refractivity contribution in [3.63, 3.8) is 0 Å². The summed E-state index contributed by atoms with van der Waals surface area (Å²) >= 11 is 3.07. The summed E-state index contributed by atoms with van der Waals surface area (Å²) in [6, 6.07) is 1.42. The van der Waals surface area contributed by atoms with Crippen LogP contribution in [0, 0.1) is 0 Å². The van der Waals surface area contributed by atoms with Crippen LogP contribution in [0.15, 0.2) is 22.9 Å². The number of nitrogens with two attached hydrogens (primary N) is 1. The van der Waals surface area contributed by atoms with Gasteiger partial charge in [0.1, 0.15) is 11.2 Å². The zero-order valence-electron chi connectivity index (χ0n) is 7.12. The number of hydrogen-bond acceptors (Lipinski definition) is 3. The van der Waals surface area contributed by atoms with Crippen molar-refractivity contribution in [1.82, 2.24) is 4.98 Å². The van der Waals surface area contributed by atoms with E-state index in [1.807, 2.05) is 0 Å². The monoisotopic (exact) mass is 266 g/mol. The van der Waals surface area contributed by atoms with Gasteiger partial charge in [0.15, 0.2) is 0 Å². The molecule has 0 saturated carbocycles. The Morgan fingerprint density at radius 1 is 1.57 bits per heavy atom. The van der Waals surface area contributed by atoms with Crippen LogP contribution in [0.1, 0.15) is 11.6 Å². The van der Waals surface area contributed by atoms with Crippen molar-refractivity contribution in [1.29, 1.82) is 0 Å². The molecule has 1 rings (SSSR count). The minimum Gasteiger partial charge on any atom is -0.390 e. The summed E-state index contributed by atoms with van der Waals surface area (Å²) in [5.74, 6) is -3.32. The molecule has 0 spiro atoms. The average Bonchev–Trinajstić information content (AvgIpc) is 2.18. The second-order valence-electron chi connectivity index (χ2n) is 2.81. The Kier molecular flexibility index (Phi) is 3.52. The SMILES string of the molecule is N[C@@H](c1ccc(Br)nc1)C(F)(F)CO. The molecule has 1 heterocycles. The Balaban J connectivity index is 2.89. The molecule has 0 aliphatic rings. The molecular weight excluding hydrogens is 258 g/mol. The molecule has 6 heteroatoms. The predicted octanol–water partition coefficient (Wildman–Crippen LogP) is 1.47. The van der Waals surface area contributed by atoms with Crippen LogP contribution in [0.3, 0.4) is 0 Å². The molecule has 0 amide bonds. The van der Waals surface area contributed by atoms with E-state index in [4.69, 9.17) is 10.8 Å². The fraction of sp³-hybridized carbons (Fsp3) is 0.375. The van der Waals surface area contributed by atoms with Crippen LogP contribution < -0.4 is 5.73 Å². The van der Waals surface area contributed by atoms with Gasteiger partial charge in [-0.2, -0.15) is 0 Å². The molecule has 0 saturated heterocycles. The maximum absolute atomic E-state index is 12.9. The van der Waals surface area contributed by atoms with Gasteiger partial charge in [-0.15, -0.1) is 0 Å². The third-order valence-electron chi connectivity index (χ3n) is 1.78. The normalized spacial score (nSPS) is 14.1. The lowest BCUT2D eigenvalue weighted by atomic mass is 10.0. The number of pyridine rings is 1. The Hall–Kier alpha value is -0.590. The van der Waals surface area contributed by atoms with Crippen molar-refractivity contribution in [2.24, 2.45) is 5.73 Å². The molecule has 0 aromatic carbocycles. The van der Waals surface area contributed by atoms with Gasteiger partial charge >= 0.3 is 0 Å². The first-order valence-electron chi connectivity index (χ1n) is 3.83. The quantitative estimate of drug-likeness (QED) is 0.815. The van der Waals surface area contributed by atoms with Crippen molar-refractivity contribution in [3.8, 4) is 0 Å². The van der Waals surface area contributed by atoms with Crippen molar-refractivity contribution >= 4 is 15.9 Å². The number of hydrogen-bond donors (Lipinski definition) is 2. The predicted molar refractivity (Wildman–Crippen MR) is 50.9 cm³/mol.